The van der Waals surface area contributed by atoms with Gasteiger partial charge in [-0.25, -0.2) is 0 Å². The second-order valence-electron chi connectivity index (χ2n) is 3.55. The lowest BCUT2D eigenvalue weighted by atomic mass is 10.4. The van der Waals surface area contributed by atoms with Crippen molar-refractivity contribution >= 4 is 0 Å². The van der Waals surface area contributed by atoms with Gasteiger partial charge in [-0.2, -0.15) is 18.2 Å². The van der Waals surface area contributed by atoms with Gasteiger partial charge in [-0.05, 0) is 12.8 Å². The van der Waals surface area contributed by atoms with E-state index >= 15 is 0 Å². The van der Waals surface area contributed by atoms with Crippen LogP contribution in [-0.2, 0) is 13.0 Å². The maximum absolute atomic E-state index is 11.9. The number of halogens is 3. The average molecular weight is 221 g/mol. The molecule has 0 aromatic carbocycles. The molecule has 0 aliphatic heterocycles. The summed E-state index contributed by atoms with van der Waals surface area (Å²) in [5.74, 6) is -0.101. The first-order valence-electron chi connectivity index (χ1n) is 4.64. The van der Waals surface area contributed by atoms with Gasteiger partial charge in [0.25, 0.3) is 0 Å². The molecule has 4 nitrogen and oxygen atoms in total. The Bertz CT molecular complexity index is 332. The number of hydrogen-bond donors (Lipinski definition) is 1. The van der Waals surface area contributed by atoms with Crippen molar-refractivity contribution in [3.63, 3.8) is 0 Å². The standard InChI is InChI=1S/C8H10F3N3O/c9-8(10,11)3-6-13-7(15-14-6)4-12-5-1-2-5/h5,12H,1-4H2. The molecule has 7 heteroatoms. The fraction of sp³-hybridized carbons (Fsp3) is 0.750. The Hall–Kier alpha value is -1.11. The molecule has 1 N–H and O–H groups in total. The zero-order valence-corrected chi connectivity index (χ0v) is 7.84. The maximum Gasteiger partial charge on any atom is 0.396 e. The summed E-state index contributed by atoms with van der Waals surface area (Å²) in [6.45, 7) is 0.343. The topological polar surface area (TPSA) is 51.0 Å². The molecule has 2 rings (SSSR count). The van der Waals surface area contributed by atoms with Crippen molar-refractivity contribution in [3.8, 4) is 0 Å². The molecule has 1 aromatic rings. The monoisotopic (exact) mass is 221 g/mol. The van der Waals surface area contributed by atoms with E-state index in [9.17, 15) is 13.2 Å². The number of alkyl halides is 3. The minimum absolute atomic E-state index is 0.209. The molecule has 1 aromatic heterocycles. The van der Waals surface area contributed by atoms with E-state index in [1.54, 1.807) is 0 Å². The first-order valence-corrected chi connectivity index (χ1v) is 4.64. The van der Waals surface area contributed by atoms with Gasteiger partial charge < -0.3 is 9.84 Å². The Morgan fingerprint density at radius 1 is 1.40 bits per heavy atom. The largest absolute Gasteiger partial charge is 0.396 e. The molecule has 0 unspecified atom stereocenters. The van der Waals surface area contributed by atoms with Gasteiger partial charge in [0.2, 0.25) is 5.89 Å². The zero-order chi connectivity index (χ0) is 10.9. The van der Waals surface area contributed by atoms with Crippen molar-refractivity contribution in [1.29, 1.82) is 0 Å². The summed E-state index contributed by atoms with van der Waals surface area (Å²) in [4.78, 5) is 3.64. The van der Waals surface area contributed by atoms with Crippen molar-refractivity contribution < 1.29 is 17.7 Å². The molecule has 1 heterocycles. The van der Waals surface area contributed by atoms with E-state index in [1.807, 2.05) is 0 Å². The van der Waals surface area contributed by atoms with Crippen LogP contribution in [0.4, 0.5) is 13.2 Å². The third-order valence-corrected chi connectivity index (χ3v) is 1.99. The first-order chi connectivity index (χ1) is 7.03. The molecule has 0 saturated heterocycles. The van der Waals surface area contributed by atoms with Crippen molar-refractivity contribution in [1.82, 2.24) is 15.5 Å². The number of rotatable bonds is 4. The molecule has 0 spiro atoms. The van der Waals surface area contributed by atoms with Crippen LogP contribution in [0.15, 0.2) is 4.52 Å². The SMILES string of the molecule is FC(F)(F)Cc1noc(CNC2CC2)n1. The molecule has 0 amide bonds. The van der Waals surface area contributed by atoms with Gasteiger partial charge >= 0.3 is 6.18 Å². The fourth-order valence-corrected chi connectivity index (χ4v) is 1.13. The molecule has 1 aliphatic carbocycles. The highest BCUT2D eigenvalue weighted by Gasteiger charge is 2.30. The summed E-state index contributed by atoms with van der Waals surface area (Å²) in [6.07, 6.45) is -3.22. The van der Waals surface area contributed by atoms with Gasteiger partial charge in [0.15, 0.2) is 5.82 Å². The van der Waals surface area contributed by atoms with E-state index in [1.165, 1.54) is 0 Å². The van der Waals surface area contributed by atoms with Gasteiger partial charge in [-0.3, -0.25) is 0 Å². The van der Waals surface area contributed by atoms with Gasteiger partial charge in [-0.1, -0.05) is 5.16 Å². The number of nitrogens with one attached hydrogen (secondary N) is 1. The van der Waals surface area contributed by atoms with E-state index in [0.29, 0.717) is 12.6 Å². The van der Waals surface area contributed by atoms with Crippen molar-refractivity contribution in [3.05, 3.63) is 11.7 Å². The summed E-state index contributed by atoms with van der Waals surface area (Å²) >= 11 is 0. The Labute approximate surface area is 83.8 Å². The molecular weight excluding hydrogens is 211 g/mol. The molecule has 0 radical (unpaired) electrons. The van der Waals surface area contributed by atoms with Crippen LogP contribution in [0.5, 0.6) is 0 Å². The lowest BCUT2D eigenvalue weighted by Gasteiger charge is -1.99. The fourth-order valence-electron chi connectivity index (χ4n) is 1.13. The van der Waals surface area contributed by atoms with E-state index < -0.39 is 12.6 Å². The van der Waals surface area contributed by atoms with Crippen LogP contribution < -0.4 is 5.32 Å². The predicted octanol–water partition coefficient (Wildman–Crippen LogP) is 1.43. The minimum Gasteiger partial charge on any atom is -0.338 e. The summed E-state index contributed by atoms with van der Waals surface area (Å²) in [7, 11) is 0. The summed E-state index contributed by atoms with van der Waals surface area (Å²) in [5.41, 5.74) is 0. The molecular formula is C8H10F3N3O. The second-order valence-corrected chi connectivity index (χ2v) is 3.55. The van der Waals surface area contributed by atoms with Crippen molar-refractivity contribution in [2.75, 3.05) is 0 Å². The highest BCUT2D eigenvalue weighted by Crippen LogP contribution is 2.20. The maximum atomic E-state index is 11.9. The van der Waals surface area contributed by atoms with Gasteiger partial charge in [-0.15, -0.1) is 0 Å². The van der Waals surface area contributed by atoms with Crippen LogP contribution in [-0.4, -0.2) is 22.4 Å². The minimum atomic E-state index is -4.29. The first kappa shape index (κ1) is 10.4. The normalized spacial score (nSPS) is 17.0. The van der Waals surface area contributed by atoms with Crippen LogP contribution in [0.3, 0.4) is 0 Å². The lowest BCUT2D eigenvalue weighted by molar-refractivity contribution is -0.128. The van der Waals surface area contributed by atoms with Crippen LogP contribution in [0.2, 0.25) is 0 Å². The number of hydrogen-bond acceptors (Lipinski definition) is 4. The molecule has 0 bridgehead atoms. The molecule has 1 aliphatic rings. The zero-order valence-electron chi connectivity index (χ0n) is 7.84. The molecule has 0 atom stereocenters. The van der Waals surface area contributed by atoms with Crippen LogP contribution in [0.1, 0.15) is 24.6 Å². The average Bonchev–Trinajstić information content (AvgIpc) is 2.83. The number of aromatic nitrogens is 2. The van der Waals surface area contributed by atoms with Crippen molar-refractivity contribution in [2.24, 2.45) is 0 Å². The smallest absolute Gasteiger partial charge is 0.338 e. The summed E-state index contributed by atoms with van der Waals surface area (Å²) < 4.78 is 40.5. The number of nitrogens with zero attached hydrogens (tertiary/aromatic N) is 2. The molecule has 1 saturated carbocycles. The van der Waals surface area contributed by atoms with E-state index in [4.69, 9.17) is 0 Å². The van der Waals surface area contributed by atoms with Crippen LogP contribution in [0.25, 0.3) is 0 Å². The highest BCUT2D eigenvalue weighted by molar-refractivity contribution is 4.90. The Morgan fingerprint density at radius 2 is 2.13 bits per heavy atom. The van der Waals surface area contributed by atoms with Gasteiger partial charge in [0.05, 0.1) is 6.54 Å². The quantitative estimate of drug-likeness (QED) is 0.835. The van der Waals surface area contributed by atoms with Crippen LogP contribution >= 0.6 is 0 Å². The molecule has 84 valence electrons. The molecule has 15 heavy (non-hydrogen) atoms. The Morgan fingerprint density at radius 3 is 2.73 bits per heavy atom. The summed E-state index contributed by atoms with van der Waals surface area (Å²) in [6, 6.07) is 0.461. The summed E-state index contributed by atoms with van der Waals surface area (Å²) in [5, 5.41) is 6.33. The van der Waals surface area contributed by atoms with Crippen molar-refractivity contribution in [2.45, 2.75) is 38.0 Å². The van der Waals surface area contributed by atoms with E-state index in [-0.39, 0.29) is 11.7 Å². The third kappa shape index (κ3) is 3.50. The highest BCUT2D eigenvalue weighted by atomic mass is 19.4. The Balaban J connectivity index is 1.85. The third-order valence-electron chi connectivity index (χ3n) is 1.99. The van der Waals surface area contributed by atoms with E-state index in [2.05, 4.69) is 20.0 Å². The van der Waals surface area contributed by atoms with Gasteiger partial charge in [0.1, 0.15) is 6.42 Å². The predicted molar refractivity (Wildman–Crippen MR) is 43.9 cm³/mol. The van der Waals surface area contributed by atoms with E-state index in [0.717, 1.165) is 12.8 Å². The van der Waals surface area contributed by atoms with Crippen LogP contribution in [0, 0.1) is 0 Å². The lowest BCUT2D eigenvalue weighted by Crippen LogP contribution is -2.16. The second kappa shape index (κ2) is 3.80. The molecule has 1 fully saturated rings. The van der Waals surface area contributed by atoms with Gasteiger partial charge in [0, 0.05) is 6.04 Å². The Kier molecular flexibility index (Phi) is 2.64.